The second-order valence-corrected chi connectivity index (χ2v) is 7.24. The summed E-state index contributed by atoms with van der Waals surface area (Å²) in [6.45, 7) is 8.39. The fourth-order valence-corrected chi connectivity index (χ4v) is 3.58. The standard InChI is InChI=1S/C19H23N3O5S/c1-6-13(28-14-8-10(3)20-9-21-14)17(24)22-18-16(19(25)26-7-2)15(11(4)23)12(5)27-18/h8-9,13H,6-7H2,1-5H3,(H,22,24). The number of amides is 1. The summed E-state index contributed by atoms with van der Waals surface area (Å²) >= 11 is 1.28. The molecule has 0 fully saturated rings. The van der Waals surface area contributed by atoms with Crippen LogP contribution in [-0.2, 0) is 9.53 Å². The Hall–Kier alpha value is -2.68. The number of ether oxygens (including phenoxy) is 1. The number of nitrogens with one attached hydrogen (secondary N) is 1. The third kappa shape index (κ3) is 4.98. The molecule has 8 nitrogen and oxygen atoms in total. The van der Waals surface area contributed by atoms with Gasteiger partial charge in [-0.25, -0.2) is 14.8 Å². The molecule has 0 aliphatic carbocycles. The number of carbonyl (C=O) groups excluding carboxylic acids is 3. The molecule has 0 aliphatic rings. The van der Waals surface area contributed by atoms with Gasteiger partial charge >= 0.3 is 5.97 Å². The lowest BCUT2D eigenvalue weighted by atomic mass is 10.1. The first kappa shape index (κ1) is 21.6. The number of hydrogen-bond donors (Lipinski definition) is 1. The maximum Gasteiger partial charge on any atom is 0.344 e. The second-order valence-electron chi connectivity index (χ2n) is 6.02. The van der Waals surface area contributed by atoms with Crippen LogP contribution in [0.2, 0.25) is 0 Å². The molecule has 0 saturated heterocycles. The molecule has 1 atom stereocenters. The first-order chi connectivity index (χ1) is 13.3. The van der Waals surface area contributed by atoms with Crippen molar-refractivity contribution in [3.05, 3.63) is 35.0 Å². The summed E-state index contributed by atoms with van der Waals surface area (Å²) < 4.78 is 10.5. The zero-order valence-electron chi connectivity index (χ0n) is 16.5. The van der Waals surface area contributed by atoms with Gasteiger partial charge in [-0.3, -0.25) is 14.9 Å². The number of ketones is 1. The van der Waals surface area contributed by atoms with Gasteiger partial charge < -0.3 is 9.15 Å². The third-order valence-corrected chi connectivity index (χ3v) is 5.15. The van der Waals surface area contributed by atoms with Crippen molar-refractivity contribution in [3.8, 4) is 0 Å². The van der Waals surface area contributed by atoms with E-state index in [2.05, 4.69) is 15.3 Å². The molecule has 1 amide bonds. The lowest BCUT2D eigenvalue weighted by molar-refractivity contribution is -0.115. The predicted molar refractivity (Wildman–Crippen MR) is 105 cm³/mol. The fraction of sp³-hybridized carbons (Fsp3) is 0.421. The van der Waals surface area contributed by atoms with Crippen molar-refractivity contribution in [2.24, 2.45) is 0 Å². The van der Waals surface area contributed by atoms with E-state index in [1.807, 2.05) is 13.8 Å². The van der Waals surface area contributed by atoms with E-state index in [9.17, 15) is 14.4 Å². The molecule has 0 spiro atoms. The summed E-state index contributed by atoms with van der Waals surface area (Å²) in [6.07, 6.45) is 1.96. The molecular formula is C19H23N3O5S. The number of aromatic nitrogens is 2. The van der Waals surface area contributed by atoms with Crippen molar-refractivity contribution in [3.63, 3.8) is 0 Å². The molecule has 2 heterocycles. The molecule has 2 aromatic heterocycles. The number of nitrogens with zero attached hydrogens (tertiary/aromatic N) is 2. The highest BCUT2D eigenvalue weighted by atomic mass is 32.2. The molecule has 1 N–H and O–H groups in total. The SMILES string of the molecule is CCOC(=O)c1c(NC(=O)C(CC)Sc2cc(C)ncn2)oc(C)c1C(C)=O. The number of anilines is 1. The molecule has 0 radical (unpaired) electrons. The Morgan fingerprint density at radius 3 is 2.50 bits per heavy atom. The van der Waals surface area contributed by atoms with Gasteiger partial charge in [0.2, 0.25) is 11.8 Å². The Balaban J connectivity index is 2.29. The predicted octanol–water partition coefficient (Wildman–Crippen LogP) is 3.58. The highest BCUT2D eigenvalue weighted by Gasteiger charge is 2.30. The molecular weight excluding hydrogens is 382 g/mol. The van der Waals surface area contributed by atoms with Crippen LogP contribution >= 0.6 is 11.8 Å². The highest BCUT2D eigenvalue weighted by molar-refractivity contribution is 8.00. The molecule has 2 rings (SSSR count). The van der Waals surface area contributed by atoms with Crippen LogP contribution < -0.4 is 5.32 Å². The molecule has 0 bridgehead atoms. The summed E-state index contributed by atoms with van der Waals surface area (Å²) in [4.78, 5) is 45.3. The maximum absolute atomic E-state index is 12.8. The van der Waals surface area contributed by atoms with Gasteiger partial charge in [0.25, 0.3) is 0 Å². The van der Waals surface area contributed by atoms with Crippen molar-refractivity contribution in [1.82, 2.24) is 9.97 Å². The van der Waals surface area contributed by atoms with Crippen LogP contribution in [0.1, 0.15) is 59.4 Å². The normalized spacial score (nSPS) is 11.8. The van der Waals surface area contributed by atoms with Crippen LogP contribution in [-0.4, -0.2) is 39.5 Å². The van der Waals surface area contributed by atoms with Gasteiger partial charge in [0.15, 0.2) is 5.78 Å². The average molecular weight is 405 g/mol. The number of rotatable bonds is 8. The van der Waals surface area contributed by atoms with Crippen LogP contribution in [0.4, 0.5) is 5.88 Å². The Morgan fingerprint density at radius 2 is 1.93 bits per heavy atom. The minimum Gasteiger partial charge on any atom is -0.462 e. The largest absolute Gasteiger partial charge is 0.462 e. The van der Waals surface area contributed by atoms with Gasteiger partial charge in [-0.05, 0) is 40.2 Å². The van der Waals surface area contributed by atoms with Crippen LogP contribution in [0.25, 0.3) is 0 Å². The molecule has 0 aromatic carbocycles. The van der Waals surface area contributed by atoms with Crippen molar-refractivity contribution in [2.75, 3.05) is 11.9 Å². The van der Waals surface area contributed by atoms with Gasteiger partial charge in [0, 0.05) is 5.69 Å². The number of aryl methyl sites for hydroxylation is 2. The molecule has 0 aliphatic heterocycles. The Morgan fingerprint density at radius 1 is 1.21 bits per heavy atom. The third-order valence-electron chi connectivity index (χ3n) is 3.86. The van der Waals surface area contributed by atoms with E-state index in [1.165, 1.54) is 25.0 Å². The molecule has 2 aromatic rings. The number of hydrogen-bond acceptors (Lipinski definition) is 8. The van der Waals surface area contributed by atoms with Gasteiger partial charge in [-0.1, -0.05) is 18.7 Å². The van der Waals surface area contributed by atoms with E-state index in [1.54, 1.807) is 19.9 Å². The van der Waals surface area contributed by atoms with Gasteiger partial charge in [0.05, 0.1) is 17.4 Å². The van der Waals surface area contributed by atoms with E-state index in [0.29, 0.717) is 11.4 Å². The molecule has 28 heavy (non-hydrogen) atoms. The van der Waals surface area contributed by atoms with E-state index in [-0.39, 0.29) is 41.1 Å². The number of carbonyl (C=O) groups is 3. The molecule has 150 valence electrons. The summed E-state index contributed by atoms with van der Waals surface area (Å²) in [7, 11) is 0. The zero-order valence-corrected chi connectivity index (χ0v) is 17.3. The molecule has 1 unspecified atom stereocenters. The van der Waals surface area contributed by atoms with Crippen LogP contribution in [0.15, 0.2) is 21.8 Å². The summed E-state index contributed by atoms with van der Waals surface area (Å²) in [5, 5.41) is 2.82. The smallest absolute Gasteiger partial charge is 0.344 e. The topological polar surface area (TPSA) is 111 Å². The summed E-state index contributed by atoms with van der Waals surface area (Å²) in [5.74, 6) is -1.25. The van der Waals surface area contributed by atoms with Crippen molar-refractivity contribution < 1.29 is 23.5 Å². The van der Waals surface area contributed by atoms with Crippen LogP contribution in [0.3, 0.4) is 0 Å². The minimum atomic E-state index is -0.716. The first-order valence-electron chi connectivity index (χ1n) is 8.86. The van der Waals surface area contributed by atoms with E-state index in [4.69, 9.17) is 9.15 Å². The maximum atomic E-state index is 12.8. The Labute approximate surface area is 167 Å². The number of Topliss-reactive ketones (excluding diaryl/α,β-unsaturated/α-hetero) is 1. The highest BCUT2D eigenvalue weighted by Crippen LogP contribution is 2.30. The summed E-state index contributed by atoms with van der Waals surface area (Å²) in [5.41, 5.74) is 0.851. The fourth-order valence-electron chi connectivity index (χ4n) is 2.61. The van der Waals surface area contributed by atoms with Crippen LogP contribution in [0.5, 0.6) is 0 Å². The number of furan rings is 1. The van der Waals surface area contributed by atoms with Crippen molar-refractivity contribution in [1.29, 1.82) is 0 Å². The summed E-state index contributed by atoms with van der Waals surface area (Å²) in [6, 6.07) is 1.79. The number of thioether (sulfide) groups is 1. The lowest BCUT2D eigenvalue weighted by Crippen LogP contribution is -2.25. The molecule has 0 saturated carbocycles. The Kier molecular flexibility index (Phi) is 7.33. The molecule has 9 heteroatoms. The van der Waals surface area contributed by atoms with E-state index < -0.39 is 11.2 Å². The first-order valence-corrected chi connectivity index (χ1v) is 9.73. The van der Waals surface area contributed by atoms with Crippen molar-refractivity contribution in [2.45, 2.75) is 51.3 Å². The van der Waals surface area contributed by atoms with Gasteiger partial charge in [0.1, 0.15) is 22.7 Å². The van der Waals surface area contributed by atoms with Gasteiger partial charge in [-0.15, -0.1) is 0 Å². The Bertz CT molecular complexity index is 894. The lowest BCUT2D eigenvalue weighted by Gasteiger charge is -2.14. The second kappa shape index (κ2) is 9.50. The zero-order chi connectivity index (χ0) is 20.8. The average Bonchev–Trinajstić information content (AvgIpc) is 2.95. The van der Waals surface area contributed by atoms with Gasteiger partial charge in [-0.2, -0.15) is 0 Å². The minimum absolute atomic E-state index is 0.0575. The van der Waals surface area contributed by atoms with E-state index in [0.717, 1.165) is 5.69 Å². The van der Waals surface area contributed by atoms with Crippen molar-refractivity contribution >= 4 is 35.3 Å². The monoisotopic (exact) mass is 405 g/mol. The van der Waals surface area contributed by atoms with E-state index >= 15 is 0 Å². The quantitative estimate of drug-likeness (QED) is 0.307. The van der Waals surface area contributed by atoms with Crippen LogP contribution in [0, 0.1) is 13.8 Å². The number of esters is 1.